The Bertz CT molecular complexity index is 445. The molecule has 18 heavy (non-hydrogen) atoms. The number of piperidine rings is 1. The standard InChI is InChI=1S/C13H18N2O3/c1-14-5-2-10(9-14)8-12(16)15-6-3-11(4-7-15)13(17)18/h2,5,9,11H,3-4,6-8H2,1H3,(H,17,18). The molecule has 1 saturated heterocycles. The molecule has 1 aromatic heterocycles. The highest BCUT2D eigenvalue weighted by Crippen LogP contribution is 2.18. The molecule has 0 atom stereocenters. The van der Waals surface area contributed by atoms with Gasteiger partial charge in [-0.25, -0.2) is 0 Å². The summed E-state index contributed by atoms with van der Waals surface area (Å²) >= 11 is 0. The van der Waals surface area contributed by atoms with Gasteiger partial charge < -0.3 is 14.6 Å². The first-order chi connectivity index (χ1) is 8.56. The number of carbonyl (C=O) groups excluding carboxylic acids is 1. The number of amides is 1. The zero-order valence-corrected chi connectivity index (χ0v) is 10.5. The fourth-order valence-electron chi connectivity index (χ4n) is 2.33. The third kappa shape index (κ3) is 2.91. The van der Waals surface area contributed by atoms with Gasteiger partial charge in [-0.15, -0.1) is 0 Å². The SMILES string of the molecule is Cn1ccc(CC(=O)N2CCC(C(=O)O)CC2)c1. The van der Waals surface area contributed by atoms with E-state index < -0.39 is 5.97 Å². The molecule has 0 aromatic carbocycles. The number of hydrogen-bond donors (Lipinski definition) is 1. The van der Waals surface area contributed by atoms with Crippen LogP contribution in [0.2, 0.25) is 0 Å². The van der Waals surface area contributed by atoms with Crippen molar-refractivity contribution in [3.8, 4) is 0 Å². The van der Waals surface area contributed by atoms with Crippen molar-refractivity contribution in [2.75, 3.05) is 13.1 Å². The molecule has 2 rings (SSSR count). The Morgan fingerprint density at radius 1 is 1.39 bits per heavy atom. The first-order valence-corrected chi connectivity index (χ1v) is 6.17. The molecule has 2 heterocycles. The van der Waals surface area contributed by atoms with Crippen LogP contribution in [0.3, 0.4) is 0 Å². The van der Waals surface area contributed by atoms with Gasteiger partial charge in [0.1, 0.15) is 0 Å². The highest BCUT2D eigenvalue weighted by Gasteiger charge is 2.26. The summed E-state index contributed by atoms with van der Waals surface area (Å²) in [5.74, 6) is -0.944. The summed E-state index contributed by atoms with van der Waals surface area (Å²) in [7, 11) is 1.92. The maximum Gasteiger partial charge on any atom is 0.306 e. The van der Waals surface area contributed by atoms with E-state index in [0.717, 1.165) is 5.56 Å². The number of carboxylic acids is 1. The van der Waals surface area contributed by atoms with E-state index in [4.69, 9.17) is 5.11 Å². The van der Waals surface area contributed by atoms with Crippen molar-refractivity contribution >= 4 is 11.9 Å². The summed E-state index contributed by atoms with van der Waals surface area (Å²) in [4.78, 5) is 24.6. The van der Waals surface area contributed by atoms with E-state index in [2.05, 4.69) is 0 Å². The molecule has 1 fully saturated rings. The molecular formula is C13H18N2O3. The normalized spacial score (nSPS) is 16.8. The summed E-state index contributed by atoms with van der Waals surface area (Å²) in [6.07, 6.45) is 5.38. The highest BCUT2D eigenvalue weighted by atomic mass is 16.4. The summed E-state index contributed by atoms with van der Waals surface area (Å²) < 4.78 is 1.92. The van der Waals surface area contributed by atoms with Crippen LogP contribution in [0.1, 0.15) is 18.4 Å². The average molecular weight is 250 g/mol. The van der Waals surface area contributed by atoms with E-state index in [0.29, 0.717) is 32.4 Å². The maximum absolute atomic E-state index is 12.0. The fraction of sp³-hybridized carbons (Fsp3) is 0.538. The molecular weight excluding hydrogens is 232 g/mol. The van der Waals surface area contributed by atoms with Gasteiger partial charge in [0.15, 0.2) is 0 Å². The molecule has 0 spiro atoms. The number of likely N-dealkylation sites (tertiary alicyclic amines) is 1. The molecule has 98 valence electrons. The predicted molar refractivity (Wildman–Crippen MR) is 66.1 cm³/mol. The molecule has 5 nitrogen and oxygen atoms in total. The summed E-state index contributed by atoms with van der Waals surface area (Å²) in [6.45, 7) is 1.12. The van der Waals surface area contributed by atoms with Crippen LogP contribution in [0.5, 0.6) is 0 Å². The predicted octanol–water partition coefficient (Wildman–Crippen LogP) is 0.891. The molecule has 0 saturated carbocycles. The second-order valence-corrected chi connectivity index (χ2v) is 4.86. The minimum absolute atomic E-state index is 0.0880. The summed E-state index contributed by atoms with van der Waals surface area (Å²) in [5.41, 5.74) is 1.00. The Balaban J connectivity index is 1.86. The van der Waals surface area contributed by atoms with Gasteiger partial charge in [-0.1, -0.05) is 0 Å². The van der Waals surface area contributed by atoms with Crippen molar-refractivity contribution in [2.45, 2.75) is 19.3 Å². The highest BCUT2D eigenvalue weighted by molar-refractivity contribution is 5.79. The topological polar surface area (TPSA) is 62.5 Å². The second kappa shape index (κ2) is 5.25. The number of hydrogen-bond acceptors (Lipinski definition) is 2. The van der Waals surface area contributed by atoms with Gasteiger partial charge in [-0.3, -0.25) is 9.59 Å². The van der Waals surface area contributed by atoms with Crippen molar-refractivity contribution in [2.24, 2.45) is 13.0 Å². The van der Waals surface area contributed by atoms with Gasteiger partial charge in [0.05, 0.1) is 12.3 Å². The van der Waals surface area contributed by atoms with Crippen LogP contribution >= 0.6 is 0 Å². The van der Waals surface area contributed by atoms with Crippen LogP contribution in [0.4, 0.5) is 0 Å². The molecule has 5 heteroatoms. The number of aryl methyl sites for hydroxylation is 1. The minimum atomic E-state index is -0.745. The molecule has 0 unspecified atom stereocenters. The fourth-order valence-corrected chi connectivity index (χ4v) is 2.33. The van der Waals surface area contributed by atoms with Crippen LogP contribution in [-0.4, -0.2) is 39.5 Å². The quantitative estimate of drug-likeness (QED) is 0.866. The van der Waals surface area contributed by atoms with Crippen molar-refractivity contribution in [1.29, 1.82) is 0 Å². The third-order valence-corrected chi connectivity index (χ3v) is 3.45. The van der Waals surface area contributed by atoms with Gasteiger partial charge in [-0.05, 0) is 24.5 Å². The smallest absolute Gasteiger partial charge is 0.306 e. The Kier molecular flexibility index (Phi) is 3.69. The molecule has 1 N–H and O–H groups in total. The number of aliphatic carboxylic acids is 1. The van der Waals surface area contributed by atoms with Gasteiger partial charge >= 0.3 is 5.97 Å². The maximum atomic E-state index is 12.0. The van der Waals surface area contributed by atoms with Crippen LogP contribution in [0.15, 0.2) is 18.5 Å². The van der Waals surface area contributed by atoms with Crippen LogP contribution in [-0.2, 0) is 23.1 Å². The first-order valence-electron chi connectivity index (χ1n) is 6.17. The Morgan fingerprint density at radius 2 is 2.06 bits per heavy atom. The van der Waals surface area contributed by atoms with E-state index in [9.17, 15) is 9.59 Å². The lowest BCUT2D eigenvalue weighted by molar-refractivity contribution is -0.145. The monoisotopic (exact) mass is 250 g/mol. The lowest BCUT2D eigenvalue weighted by atomic mass is 9.97. The third-order valence-electron chi connectivity index (χ3n) is 3.45. The van der Waals surface area contributed by atoms with Crippen molar-refractivity contribution in [3.63, 3.8) is 0 Å². The average Bonchev–Trinajstić information content (AvgIpc) is 2.75. The largest absolute Gasteiger partial charge is 0.481 e. The molecule has 0 aliphatic carbocycles. The van der Waals surface area contributed by atoms with E-state index in [1.807, 2.05) is 30.1 Å². The van der Waals surface area contributed by atoms with E-state index in [-0.39, 0.29) is 11.8 Å². The Hall–Kier alpha value is -1.78. The van der Waals surface area contributed by atoms with E-state index >= 15 is 0 Å². The molecule has 1 aromatic rings. The van der Waals surface area contributed by atoms with Crippen LogP contribution in [0.25, 0.3) is 0 Å². The van der Waals surface area contributed by atoms with Crippen molar-refractivity contribution in [3.05, 3.63) is 24.0 Å². The summed E-state index contributed by atoms with van der Waals surface area (Å²) in [6, 6.07) is 1.93. The van der Waals surface area contributed by atoms with Crippen LogP contribution < -0.4 is 0 Å². The van der Waals surface area contributed by atoms with Crippen molar-refractivity contribution < 1.29 is 14.7 Å². The number of carboxylic acid groups (broad SMARTS) is 1. The zero-order valence-electron chi connectivity index (χ0n) is 10.5. The molecule has 1 amide bonds. The van der Waals surface area contributed by atoms with Crippen molar-refractivity contribution in [1.82, 2.24) is 9.47 Å². The van der Waals surface area contributed by atoms with Gasteiger partial charge in [0.2, 0.25) is 5.91 Å². The number of nitrogens with zero attached hydrogens (tertiary/aromatic N) is 2. The Morgan fingerprint density at radius 3 is 2.56 bits per heavy atom. The summed E-state index contributed by atoms with van der Waals surface area (Å²) in [5, 5.41) is 8.89. The van der Waals surface area contributed by atoms with Gasteiger partial charge in [-0.2, -0.15) is 0 Å². The second-order valence-electron chi connectivity index (χ2n) is 4.86. The lowest BCUT2D eigenvalue weighted by Gasteiger charge is -2.30. The van der Waals surface area contributed by atoms with E-state index in [1.54, 1.807) is 4.90 Å². The minimum Gasteiger partial charge on any atom is -0.481 e. The van der Waals surface area contributed by atoms with Gasteiger partial charge in [0, 0.05) is 32.5 Å². The Labute approximate surface area is 106 Å². The number of rotatable bonds is 3. The zero-order chi connectivity index (χ0) is 13.1. The van der Waals surface area contributed by atoms with E-state index in [1.165, 1.54) is 0 Å². The molecule has 0 bridgehead atoms. The first kappa shape index (κ1) is 12.7. The van der Waals surface area contributed by atoms with Crippen LogP contribution in [0, 0.1) is 5.92 Å². The van der Waals surface area contributed by atoms with Gasteiger partial charge in [0.25, 0.3) is 0 Å². The lowest BCUT2D eigenvalue weighted by Crippen LogP contribution is -2.40. The number of aromatic nitrogens is 1. The number of carbonyl (C=O) groups is 2. The molecule has 1 aliphatic rings. The molecule has 0 radical (unpaired) electrons. The molecule has 1 aliphatic heterocycles.